The standard InChI is InChI=1S/C9H9F3N2OS/c10-9(11,12)5-1-2-7(6(13)3-5)16-4-8(14)15/h1-3H,4,13H2,(H2,14,15). The van der Waals surface area contributed by atoms with Gasteiger partial charge in [0.1, 0.15) is 0 Å². The van der Waals surface area contributed by atoms with Gasteiger partial charge >= 0.3 is 6.18 Å². The molecule has 0 radical (unpaired) electrons. The van der Waals surface area contributed by atoms with Crippen LogP contribution in [0.15, 0.2) is 23.1 Å². The molecule has 0 aliphatic heterocycles. The number of carbonyl (C=O) groups excluding carboxylic acids is 1. The van der Waals surface area contributed by atoms with Crippen LogP contribution in [0.4, 0.5) is 18.9 Å². The van der Waals surface area contributed by atoms with Gasteiger partial charge in [-0.2, -0.15) is 13.2 Å². The summed E-state index contributed by atoms with van der Waals surface area (Å²) in [7, 11) is 0. The molecule has 1 amide bonds. The van der Waals surface area contributed by atoms with Gasteiger partial charge in [-0.15, -0.1) is 11.8 Å². The van der Waals surface area contributed by atoms with E-state index >= 15 is 0 Å². The second-order valence-corrected chi connectivity index (χ2v) is 4.02. The number of benzene rings is 1. The third-order valence-corrected chi connectivity index (χ3v) is 2.82. The lowest BCUT2D eigenvalue weighted by molar-refractivity contribution is -0.137. The lowest BCUT2D eigenvalue weighted by Crippen LogP contribution is -2.13. The van der Waals surface area contributed by atoms with Crippen LogP contribution in [0, 0.1) is 0 Å². The number of hydrogen-bond donors (Lipinski definition) is 2. The maximum absolute atomic E-state index is 12.3. The molecule has 0 heterocycles. The fourth-order valence-corrected chi connectivity index (χ4v) is 1.69. The molecule has 88 valence electrons. The summed E-state index contributed by atoms with van der Waals surface area (Å²) >= 11 is 1.01. The van der Waals surface area contributed by atoms with Gasteiger partial charge < -0.3 is 11.5 Å². The average Bonchev–Trinajstić information content (AvgIpc) is 2.14. The van der Waals surface area contributed by atoms with E-state index in [9.17, 15) is 18.0 Å². The molecule has 0 saturated carbocycles. The van der Waals surface area contributed by atoms with Crippen LogP contribution in [-0.2, 0) is 11.0 Å². The highest BCUT2D eigenvalue weighted by molar-refractivity contribution is 8.00. The molecule has 1 aromatic rings. The maximum Gasteiger partial charge on any atom is 0.416 e. The number of carbonyl (C=O) groups is 1. The summed E-state index contributed by atoms with van der Waals surface area (Å²) in [6.07, 6.45) is -4.42. The molecule has 0 saturated heterocycles. The van der Waals surface area contributed by atoms with Gasteiger partial charge in [0.15, 0.2) is 0 Å². The largest absolute Gasteiger partial charge is 0.416 e. The SMILES string of the molecule is NC(=O)CSc1ccc(C(F)(F)F)cc1N. The van der Waals surface area contributed by atoms with Crippen LogP contribution in [0.5, 0.6) is 0 Å². The summed E-state index contributed by atoms with van der Waals surface area (Å²) < 4.78 is 36.8. The quantitative estimate of drug-likeness (QED) is 0.635. The van der Waals surface area contributed by atoms with Gasteiger partial charge in [0.05, 0.1) is 11.3 Å². The number of hydrogen-bond acceptors (Lipinski definition) is 3. The van der Waals surface area contributed by atoms with Crippen molar-refractivity contribution in [2.24, 2.45) is 5.73 Å². The van der Waals surface area contributed by atoms with Gasteiger partial charge in [-0.3, -0.25) is 4.79 Å². The van der Waals surface area contributed by atoms with Crippen LogP contribution in [0.3, 0.4) is 0 Å². The number of thioether (sulfide) groups is 1. The van der Waals surface area contributed by atoms with Gasteiger partial charge in [0.25, 0.3) is 0 Å². The van der Waals surface area contributed by atoms with E-state index in [0.717, 1.165) is 23.9 Å². The topological polar surface area (TPSA) is 69.1 Å². The predicted molar refractivity (Wildman–Crippen MR) is 55.8 cm³/mol. The maximum atomic E-state index is 12.3. The normalized spacial score (nSPS) is 11.4. The number of anilines is 1. The van der Waals surface area contributed by atoms with E-state index in [2.05, 4.69) is 0 Å². The minimum Gasteiger partial charge on any atom is -0.398 e. The first-order valence-corrected chi connectivity index (χ1v) is 5.17. The molecule has 7 heteroatoms. The van der Waals surface area contributed by atoms with Gasteiger partial charge in [-0.05, 0) is 18.2 Å². The molecule has 0 bridgehead atoms. The molecule has 0 fully saturated rings. The van der Waals surface area contributed by atoms with E-state index in [1.165, 1.54) is 6.07 Å². The van der Waals surface area contributed by atoms with Crippen LogP contribution < -0.4 is 11.5 Å². The molecule has 16 heavy (non-hydrogen) atoms. The van der Waals surface area contributed by atoms with Crippen molar-refractivity contribution < 1.29 is 18.0 Å². The molecule has 3 nitrogen and oxygen atoms in total. The fourth-order valence-electron chi connectivity index (χ4n) is 1.01. The number of nitrogen functional groups attached to an aromatic ring is 1. The van der Waals surface area contributed by atoms with Crippen LogP contribution in [0.2, 0.25) is 0 Å². The highest BCUT2D eigenvalue weighted by Gasteiger charge is 2.30. The Kier molecular flexibility index (Phi) is 3.69. The summed E-state index contributed by atoms with van der Waals surface area (Å²) in [5.41, 5.74) is 9.52. The highest BCUT2D eigenvalue weighted by atomic mass is 32.2. The fraction of sp³-hybridized carbons (Fsp3) is 0.222. The number of primary amides is 1. The van der Waals surface area contributed by atoms with Gasteiger partial charge in [0, 0.05) is 10.6 Å². The highest BCUT2D eigenvalue weighted by Crippen LogP contribution is 2.34. The zero-order valence-corrected chi connectivity index (χ0v) is 8.86. The van der Waals surface area contributed by atoms with Crippen molar-refractivity contribution in [2.45, 2.75) is 11.1 Å². The smallest absolute Gasteiger partial charge is 0.398 e. The molecule has 0 atom stereocenters. The minimum absolute atomic E-state index is 0.0129. The number of nitrogens with two attached hydrogens (primary N) is 2. The Morgan fingerprint density at radius 3 is 2.44 bits per heavy atom. The summed E-state index contributed by atoms with van der Waals surface area (Å²) in [5.74, 6) is -0.570. The Morgan fingerprint density at radius 2 is 2.00 bits per heavy atom. The van der Waals surface area contributed by atoms with Gasteiger partial charge in [0.2, 0.25) is 5.91 Å². The monoisotopic (exact) mass is 250 g/mol. The van der Waals surface area contributed by atoms with E-state index in [1.54, 1.807) is 0 Å². The van der Waals surface area contributed by atoms with E-state index in [4.69, 9.17) is 11.5 Å². The van der Waals surface area contributed by atoms with Crippen molar-refractivity contribution >= 4 is 23.4 Å². The van der Waals surface area contributed by atoms with Crippen molar-refractivity contribution in [3.8, 4) is 0 Å². The molecule has 4 N–H and O–H groups in total. The zero-order chi connectivity index (χ0) is 12.3. The minimum atomic E-state index is -4.42. The molecule has 0 aliphatic carbocycles. The zero-order valence-electron chi connectivity index (χ0n) is 8.04. The van der Waals surface area contributed by atoms with Crippen molar-refractivity contribution in [3.05, 3.63) is 23.8 Å². The van der Waals surface area contributed by atoms with E-state index < -0.39 is 17.6 Å². The third kappa shape index (κ3) is 3.34. The Morgan fingerprint density at radius 1 is 1.38 bits per heavy atom. The van der Waals surface area contributed by atoms with Crippen molar-refractivity contribution in [1.29, 1.82) is 0 Å². The van der Waals surface area contributed by atoms with E-state index in [1.807, 2.05) is 0 Å². The molecule has 0 aliphatic rings. The third-order valence-electron chi connectivity index (χ3n) is 1.71. The van der Waals surface area contributed by atoms with Gasteiger partial charge in [-0.25, -0.2) is 0 Å². The summed E-state index contributed by atoms with van der Waals surface area (Å²) in [6, 6.07) is 2.98. The Balaban J connectivity index is 2.88. The predicted octanol–water partition coefficient (Wildman–Crippen LogP) is 1.87. The van der Waals surface area contributed by atoms with E-state index in [0.29, 0.717) is 4.90 Å². The molecule has 0 aromatic heterocycles. The Bertz CT molecular complexity index is 406. The average molecular weight is 250 g/mol. The van der Waals surface area contributed by atoms with Crippen LogP contribution in [0.1, 0.15) is 5.56 Å². The first-order chi connectivity index (χ1) is 7.30. The Hall–Kier alpha value is -1.37. The van der Waals surface area contributed by atoms with E-state index in [-0.39, 0.29) is 11.4 Å². The number of halogens is 3. The second-order valence-electron chi connectivity index (χ2n) is 3.01. The number of rotatable bonds is 3. The van der Waals surface area contributed by atoms with Crippen molar-refractivity contribution in [3.63, 3.8) is 0 Å². The molecular weight excluding hydrogens is 241 g/mol. The second kappa shape index (κ2) is 4.65. The van der Waals surface area contributed by atoms with Crippen LogP contribution in [0.25, 0.3) is 0 Å². The van der Waals surface area contributed by atoms with Crippen molar-refractivity contribution in [1.82, 2.24) is 0 Å². The summed E-state index contributed by atoms with van der Waals surface area (Å²) in [6.45, 7) is 0. The van der Waals surface area contributed by atoms with Gasteiger partial charge in [-0.1, -0.05) is 0 Å². The Labute approximate surface area is 94.0 Å². The number of amides is 1. The molecule has 0 spiro atoms. The molecule has 1 aromatic carbocycles. The molecule has 0 unspecified atom stereocenters. The lowest BCUT2D eigenvalue weighted by Gasteiger charge is -2.09. The summed E-state index contributed by atoms with van der Waals surface area (Å²) in [5, 5.41) is 0. The first-order valence-electron chi connectivity index (χ1n) is 4.18. The van der Waals surface area contributed by atoms with Crippen LogP contribution in [-0.4, -0.2) is 11.7 Å². The van der Waals surface area contributed by atoms with Crippen molar-refractivity contribution in [2.75, 3.05) is 11.5 Å². The lowest BCUT2D eigenvalue weighted by atomic mass is 10.2. The molecule has 1 rings (SSSR count). The first kappa shape index (κ1) is 12.7. The van der Waals surface area contributed by atoms with Crippen LogP contribution >= 0.6 is 11.8 Å². The molecular formula is C9H9F3N2OS. The summed E-state index contributed by atoms with van der Waals surface area (Å²) in [4.78, 5) is 10.9. The number of alkyl halides is 3.